The van der Waals surface area contributed by atoms with E-state index < -0.39 is 11.7 Å². The molecule has 0 atom stereocenters. The Labute approximate surface area is 164 Å². The molecule has 1 amide bonds. The number of fused-ring (bicyclic) bond motifs is 1. The molecule has 6 nitrogen and oxygen atoms in total. The molecule has 1 N–H and O–H groups in total. The first-order valence-electron chi connectivity index (χ1n) is 8.29. The van der Waals surface area contributed by atoms with Crippen LogP contribution in [0.15, 0.2) is 61.1 Å². The van der Waals surface area contributed by atoms with Crippen molar-refractivity contribution in [1.29, 1.82) is 0 Å². The number of anilines is 1. The Hall–Kier alpha value is -3.45. The number of rotatable bonds is 4. The molecule has 140 valence electrons. The molecule has 0 aliphatic carbocycles. The average Bonchev–Trinajstić information content (AvgIpc) is 3.12. The molecule has 0 unspecified atom stereocenters. The molecular weight excluding hydrogens is 383 g/mol. The van der Waals surface area contributed by atoms with Gasteiger partial charge in [-0.2, -0.15) is 0 Å². The van der Waals surface area contributed by atoms with E-state index in [1.54, 1.807) is 22.7 Å². The number of hydrogen-bond acceptors (Lipinski definition) is 4. The lowest BCUT2D eigenvalue weighted by molar-refractivity contribution is 0.102. The number of nitrogens with one attached hydrogen (secondary N) is 1. The van der Waals surface area contributed by atoms with E-state index in [1.165, 1.54) is 19.2 Å². The molecule has 0 bridgehead atoms. The quantitative estimate of drug-likeness (QED) is 0.553. The molecule has 0 radical (unpaired) electrons. The van der Waals surface area contributed by atoms with Crippen LogP contribution in [0.25, 0.3) is 17.0 Å². The van der Waals surface area contributed by atoms with Crippen LogP contribution in [-0.4, -0.2) is 27.4 Å². The highest BCUT2D eigenvalue weighted by molar-refractivity contribution is 6.34. The minimum Gasteiger partial charge on any atom is -0.495 e. The lowest BCUT2D eigenvalue weighted by Gasteiger charge is -2.12. The molecule has 2 aromatic carbocycles. The third kappa shape index (κ3) is 3.39. The van der Waals surface area contributed by atoms with Crippen LogP contribution in [0, 0.1) is 5.82 Å². The zero-order valence-electron chi connectivity index (χ0n) is 14.7. The summed E-state index contributed by atoms with van der Waals surface area (Å²) in [5, 5.41) is 2.79. The number of amides is 1. The third-order valence-corrected chi connectivity index (χ3v) is 4.47. The third-order valence-electron chi connectivity index (χ3n) is 4.15. The summed E-state index contributed by atoms with van der Waals surface area (Å²) in [4.78, 5) is 21.3. The Kier molecular flexibility index (Phi) is 4.67. The molecule has 0 fully saturated rings. The summed E-state index contributed by atoms with van der Waals surface area (Å²) in [6, 6.07) is 10.7. The minimum atomic E-state index is -0.512. The molecule has 2 heterocycles. The van der Waals surface area contributed by atoms with Gasteiger partial charge in [0.2, 0.25) is 5.78 Å². The number of hydrogen-bond donors (Lipinski definition) is 1. The van der Waals surface area contributed by atoms with Crippen molar-refractivity contribution < 1.29 is 13.9 Å². The second-order valence-electron chi connectivity index (χ2n) is 5.95. The van der Waals surface area contributed by atoms with Crippen molar-refractivity contribution in [1.82, 2.24) is 14.4 Å². The van der Waals surface area contributed by atoms with Crippen LogP contribution < -0.4 is 10.1 Å². The van der Waals surface area contributed by atoms with Gasteiger partial charge in [-0.05, 0) is 42.5 Å². The van der Waals surface area contributed by atoms with Crippen molar-refractivity contribution >= 4 is 29.0 Å². The highest BCUT2D eigenvalue weighted by Crippen LogP contribution is 2.31. The summed E-state index contributed by atoms with van der Waals surface area (Å²) in [6.07, 6.45) is 5.35. The summed E-state index contributed by atoms with van der Waals surface area (Å²) in [5.74, 6) is 0.0490. The van der Waals surface area contributed by atoms with Gasteiger partial charge >= 0.3 is 0 Å². The second kappa shape index (κ2) is 7.28. The van der Waals surface area contributed by atoms with Crippen molar-refractivity contribution in [2.45, 2.75) is 0 Å². The zero-order chi connectivity index (χ0) is 19.7. The van der Waals surface area contributed by atoms with Crippen molar-refractivity contribution in [3.8, 4) is 17.0 Å². The number of aromatic nitrogens is 3. The minimum absolute atomic E-state index is 0.0269. The SMILES string of the molecule is COc1ccc(-c2cn3cccnc3n2)cc1NC(=O)c1ccc(F)cc1Cl. The van der Waals surface area contributed by atoms with Gasteiger partial charge in [0, 0.05) is 24.2 Å². The van der Waals surface area contributed by atoms with Gasteiger partial charge in [-0.1, -0.05) is 11.6 Å². The van der Waals surface area contributed by atoms with Gasteiger partial charge in [0.25, 0.3) is 5.91 Å². The van der Waals surface area contributed by atoms with Gasteiger partial charge in [-0.25, -0.2) is 14.4 Å². The molecular formula is C20H14ClFN4O2. The van der Waals surface area contributed by atoms with Gasteiger partial charge in [-0.3, -0.25) is 9.20 Å². The van der Waals surface area contributed by atoms with Crippen LogP contribution in [-0.2, 0) is 0 Å². The van der Waals surface area contributed by atoms with Crippen LogP contribution in [0.2, 0.25) is 5.02 Å². The maximum Gasteiger partial charge on any atom is 0.257 e. The molecule has 28 heavy (non-hydrogen) atoms. The fourth-order valence-corrected chi connectivity index (χ4v) is 3.05. The molecule has 0 spiro atoms. The summed E-state index contributed by atoms with van der Waals surface area (Å²) in [6.45, 7) is 0. The number of imidazole rings is 1. The van der Waals surface area contributed by atoms with Gasteiger partial charge < -0.3 is 10.1 Å². The second-order valence-corrected chi connectivity index (χ2v) is 6.35. The van der Waals surface area contributed by atoms with Gasteiger partial charge in [0.05, 0.1) is 29.1 Å². The first kappa shape index (κ1) is 17.9. The predicted molar refractivity (Wildman–Crippen MR) is 104 cm³/mol. The standard InChI is InChI=1S/C20H14ClFN4O2/c1-28-18-6-3-12(17-11-26-8-2-7-23-20(26)25-17)9-16(18)24-19(27)14-5-4-13(22)10-15(14)21/h2-11H,1H3,(H,24,27). The number of ether oxygens (including phenoxy) is 1. The number of nitrogens with zero attached hydrogens (tertiary/aromatic N) is 3. The fourth-order valence-electron chi connectivity index (χ4n) is 2.80. The number of carbonyl (C=O) groups excluding carboxylic acids is 1. The number of methoxy groups -OCH3 is 1. The molecule has 0 aliphatic rings. The van der Waals surface area contributed by atoms with Crippen LogP contribution in [0.4, 0.5) is 10.1 Å². The van der Waals surface area contributed by atoms with E-state index >= 15 is 0 Å². The normalized spacial score (nSPS) is 10.8. The predicted octanol–water partition coefficient (Wildman–Crippen LogP) is 4.45. The van der Waals surface area contributed by atoms with E-state index in [1.807, 2.05) is 24.5 Å². The van der Waals surface area contributed by atoms with E-state index in [-0.39, 0.29) is 10.6 Å². The summed E-state index contributed by atoms with van der Waals surface area (Å²) < 4.78 is 20.4. The Morgan fingerprint density at radius 1 is 1.25 bits per heavy atom. The molecule has 0 aliphatic heterocycles. The van der Waals surface area contributed by atoms with Crippen molar-refractivity contribution in [3.63, 3.8) is 0 Å². The Morgan fingerprint density at radius 3 is 2.86 bits per heavy atom. The van der Waals surface area contributed by atoms with Crippen LogP contribution in [0.1, 0.15) is 10.4 Å². The van der Waals surface area contributed by atoms with Crippen molar-refractivity contribution in [2.75, 3.05) is 12.4 Å². The number of halogens is 2. The summed E-state index contributed by atoms with van der Waals surface area (Å²) in [5.41, 5.74) is 2.06. The molecule has 0 saturated carbocycles. The highest BCUT2D eigenvalue weighted by Gasteiger charge is 2.15. The van der Waals surface area contributed by atoms with Gasteiger partial charge in [0.1, 0.15) is 11.6 Å². The first-order valence-corrected chi connectivity index (χ1v) is 8.67. The fraction of sp³-hybridized carbons (Fsp3) is 0.0500. The maximum atomic E-state index is 13.2. The van der Waals surface area contributed by atoms with E-state index in [4.69, 9.17) is 16.3 Å². The lowest BCUT2D eigenvalue weighted by Crippen LogP contribution is -2.13. The molecule has 4 rings (SSSR count). The number of benzene rings is 2. The lowest BCUT2D eigenvalue weighted by atomic mass is 10.1. The van der Waals surface area contributed by atoms with E-state index in [9.17, 15) is 9.18 Å². The monoisotopic (exact) mass is 396 g/mol. The Bertz CT molecular complexity index is 1160. The van der Waals surface area contributed by atoms with E-state index in [0.29, 0.717) is 22.9 Å². The average molecular weight is 397 g/mol. The van der Waals surface area contributed by atoms with Gasteiger partial charge in [0.15, 0.2) is 0 Å². The summed E-state index contributed by atoms with van der Waals surface area (Å²) >= 11 is 5.98. The van der Waals surface area contributed by atoms with E-state index in [0.717, 1.165) is 11.6 Å². The van der Waals surface area contributed by atoms with Crippen LogP contribution in [0.3, 0.4) is 0 Å². The molecule has 2 aromatic heterocycles. The Balaban J connectivity index is 1.69. The topological polar surface area (TPSA) is 68.5 Å². The van der Waals surface area contributed by atoms with Crippen molar-refractivity contribution in [2.24, 2.45) is 0 Å². The maximum absolute atomic E-state index is 13.2. The van der Waals surface area contributed by atoms with E-state index in [2.05, 4.69) is 15.3 Å². The van der Waals surface area contributed by atoms with Gasteiger partial charge in [-0.15, -0.1) is 0 Å². The van der Waals surface area contributed by atoms with Crippen LogP contribution in [0.5, 0.6) is 5.75 Å². The first-order chi connectivity index (χ1) is 13.5. The Morgan fingerprint density at radius 2 is 2.11 bits per heavy atom. The highest BCUT2D eigenvalue weighted by atomic mass is 35.5. The number of carbonyl (C=O) groups is 1. The largest absolute Gasteiger partial charge is 0.495 e. The summed E-state index contributed by atoms with van der Waals surface area (Å²) in [7, 11) is 1.50. The molecule has 0 saturated heterocycles. The smallest absolute Gasteiger partial charge is 0.257 e. The molecule has 4 aromatic rings. The van der Waals surface area contributed by atoms with Crippen LogP contribution >= 0.6 is 11.6 Å². The zero-order valence-corrected chi connectivity index (χ0v) is 15.4. The van der Waals surface area contributed by atoms with Crippen molar-refractivity contribution in [3.05, 3.63) is 77.5 Å². The molecule has 8 heteroatoms.